The van der Waals surface area contributed by atoms with Gasteiger partial charge in [-0.15, -0.1) is 0 Å². The molecule has 1 aliphatic heterocycles. The largest absolute Gasteiger partial charge is 0.375 e. The fraction of sp³-hybridized carbons (Fsp3) is 0.621. The molecule has 1 aromatic heterocycles. The van der Waals surface area contributed by atoms with Crippen LogP contribution in [0.1, 0.15) is 106 Å². The van der Waals surface area contributed by atoms with Crippen molar-refractivity contribution in [2.24, 2.45) is 0 Å². The molecular formula is C29H39NO2. The first-order chi connectivity index (χ1) is 15.7. The van der Waals surface area contributed by atoms with Crippen LogP contribution in [0.15, 0.2) is 48.7 Å². The fourth-order valence-electron chi connectivity index (χ4n) is 7.00. The Bertz CT molecular complexity index is 876. The third kappa shape index (κ3) is 4.39. The molecule has 172 valence electrons. The molecule has 0 bridgehead atoms. The van der Waals surface area contributed by atoms with Crippen LogP contribution in [0, 0.1) is 0 Å². The second-order valence-electron chi connectivity index (χ2n) is 10.4. The van der Waals surface area contributed by atoms with Crippen LogP contribution in [0.5, 0.6) is 0 Å². The molecule has 3 atom stereocenters. The maximum atomic E-state index is 6.44. The lowest BCUT2D eigenvalue weighted by molar-refractivity contribution is -0.105. The normalized spacial score (nSPS) is 29.2. The van der Waals surface area contributed by atoms with Gasteiger partial charge in [-0.2, -0.15) is 0 Å². The van der Waals surface area contributed by atoms with Gasteiger partial charge in [0.2, 0.25) is 0 Å². The predicted molar refractivity (Wildman–Crippen MR) is 129 cm³/mol. The van der Waals surface area contributed by atoms with Crippen molar-refractivity contribution in [1.82, 2.24) is 4.98 Å². The molecule has 0 amide bonds. The van der Waals surface area contributed by atoms with Gasteiger partial charge in [-0.1, -0.05) is 49.6 Å². The Labute approximate surface area is 193 Å². The molecule has 2 heterocycles. The molecule has 0 N–H and O–H groups in total. The van der Waals surface area contributed by atoms with Gasteiger partial charge in [-0.25, -0.2) is 0 Å². The third-order valence-corrected chi connectivity index (χ3v) is 8.51. The van der Waals surface area contributed by atoms with E-state index in [4.69, 9.17) is 14.5 Å². The average molecular weight is 434 g/mol. The zero-order valence-electron chi connectivity index (χ0n) is 19.7. The Balaban J connectivity index is 1.32. The summed E-state index contributed by atoms with van der Waals surface area (Å²) in [7, 11) is 0. The van der Waals surface area contributed by atoms with E-state index in [1.807, 2.05) is 6.20 Å². The fourth-order valence-corrected chi connectivity index (χ4v) is 7.00. The molecule has 1 saturated heterocycles. The number of hydrogen-bond acceptors (Lipinski definition) is 3. The number of aromatic nitrogens is 1. The Kier molecular flexibility index (Phi) is 6.66. The molecule has 1 aromatic carbocycles. The van der Waals surface area contributed by atoms with E-state index < -0.39 is 0 Å². The van der Waals surface area contributed by atoms with E-state index in [2.05, 4.69) is 49.4 Å². The molecular weight excluding hydrogens is 394 g/mol. The zero-order chi connectivity index (χ0) is 21.9. The van der Waals surface area contributed by atoms with E-state index in [1.165, 1.54) is 68.2 Å². The average Bonchev–Trinajstić information content (AvgIpc) is 3.28. The van der Waals surface area contributed by atoms with Crippen molar-refractivity contribution in [1.29, 1.82) is 0 Å². The lowest BCUT2D eigenvalue weighted by Crippen LogP contribution is -2.46. The predicted octanol–water partition coefficient (Wildman–Crippen LogP) is 7.27. The summed E-state index contributed by atoms with van der Waals surface area (Å²) in [6.45, 7) is 3.79. The Morgan fingerprint density at radius 1 is 1.00 bits per heavy atom. The second-order valence-corrected chi connectivity index (χ2v) is 10.4. The topological polar surface area (TPSA) is 31.4 Å². The highest BCUT2D eigenvalue weighted by molar-refractivity contribution is 5.34. The van der Waals surface area contributed by atoms with Crippen molar-refractivity contribution < 1.29 is 9.47 Å². The van der Waals surface area contributed by atoms with Crippen molar-refractivity contribution in [2.45, 2.75) is 101 Å². The molecule has 2 fully saturated rings. The van der Waals surface area contributed by atoms with E-state index in [-0.39, 0.29) is 17.1 Å². The molecule has 0 radical (unpaired) electrons. The minimum Gasteiger partial charge on any atom is -0.375 e. The minimum atomic E-state index is 0.109. The molecule has 3 aliphatic rings. The van der Waals surface area contributed by atoms with Crippen LogP contribution in [0.3, 0.4) is 0 Å². The first-order valence-electron chi connectivity index (χ1n) is 13.0. The first-order valence-corrected chi connectivity index (χ1v) is 13.0. The van der Waals surface area contributed by atoms with E-state index in [0.717, 1.165) is 32.5 Å². The lowest BCUT2D eigenvalue weighted by Gasteiger charge is -2.46. The molecule has 2 aliphatic carbocycles. The standard InChI is InChI=1S/C29H39NO2/c1-2-31-26-15-14-23(24-11-3-4-12-25(24)26)10-9-16-28(27-13-5-8-20-30-27)19-21-32-29(22-28)17-6-7-18-29/h3-5,8,11-13,20,23,26H,2,6-7,9-10,14-19,21-22H2,1H3/t23-,26-,28+/m0/s1. The SMILES string of the molecule is CCO[C@H]1CC[C@H](CCC[C@@]2(c3ccccn3)CCOC3(CCCC3)C2)c2ccccc21. The van der Waals surface area contributed by atoms with Crippen molar-refractivity contribution in [3.63, 3.8) is 0 Å². The molecule has 32 heavy (non-hydrogen) atoms. The van der Waals surface area contributed by atoms with Gasteiger partial charge in [-0.05, 0) is 87.5 Å². The van der Waals surface area contributed by atoms with Crippen LogP contribution in [-0.2, 0) is 14.9 Å². The van der Waals surface area contributed by atoms with Gasteiger partial charge in [0.05, 0.1) is 11.7 Å². The number of rotatable bonds is 7. The number of fused-ring (bicyclic) bond motifs is 1. The van der Waals surface area contributed by atoms with Crippen LogP contribution in [0.4, 0.5) is 0 Å². The highest BCUT2D eigenvalue weighted by Crippen LogP contribution is 2.51. The molecule has 5 rings (SSSR count). The summed E-state index contributed by atoms with van der Waals surface area (Å²) in [6, 6.07) is 15.5. The smallest absolute Gasteiger partial charge is 0.0827 e. The summed E-state index contributed by atoms with van der Waals surface area (Å²) in [5, 5.41) is 0. The first kappa shape index (κ1) is 22.1. The van der Waals surface area contributed by atoms with Gasteiger partial charge < -0.3 is 9.47 Å². The summed E-state index contributed by atoms with van der Waals surface area (Å²) in [5.74, 6) is 0.656. The van der Waals surface area contributed by atoms with Gasteiger partial charge in [0.15, 0.2) is 0 Å². The number of hydrogen-bond donors (Lipinski definition) is 0. The summed E-state index contributed by atoms with van der Waals surface area (Å²) >= 11 is 0. The monoisotopic (exact) mass is 433 g/mol. The van der Waals surface area contributed by atoms with Gasteiger partial charge in [0.25, 0.3) is 0 Å². The Hall–Kier alpha value is -1.71. The summed E-state index contributed by atoms with van der Waals surface area (Å²) in [4.78, 5) is 4.89. The van der Waals surface area contributed by atoms with Crippen molar-refractivity contribution in [3.05, 3.63) is 65.5 Å². The van der Waals surface area contributed by atoms with Crippen LogP contribution in [-0.4, -0.2) is 23.8 Å². The molecule has 3 nitrogen and oxygen atoms in total. The molecule has 1 spiro atoms. The van der Waals surface area contributed by atoms with Gasteiger partial charge in [0, 0.05) is 30.5 Å². The summed E-state index contributed by atoms with van der Waals surface area (Å²) < 4.78 is 12.5. The van der Waals surface area contributed by atoms with Crippen LogP contribution in [0.25, 0.3) is 0 Å². The molecule has 2 aromatic rings. The van der Waals surface area contributed by atoms with Crippen LogP contribution < -0.4 is 0 Å². The lowest BCUT2D eigenvalue weighted by atomic mass is 9.66. The third-order valence-electron chi connectivity index (χ3n) is 8.51. The van der Waals surface area contributed by atoms with Crippen molar-refractivity contribution in [3.8, 4) is 0 Å². The Morgan fingerprint density at radius 3 is 2.59 bits per heavy atom. The second kappa shape index (κ2) is 9.65. The Morgan fingerprint density at radius 2 is 1.81 bits per heavy atom. The summed E-state index contributed by atoms with van der Waals surface area (Å²) in [5.41, 5.74) is 4.54. The highest BCUT2D eigenvalue weighted by Gasteiger charge is 2.48. The van der Waals surface area contributed by atoms with Crippen LogP contribution >= 0.6 is 0 Å². The highest BCUT2D eigenvalue weighted by atomic mass is 16.5. The van der Waals surface area contributed by atoms with Crippen molar-refractivity contribution in [2.75, 3.05) is 13.2 Å². The number of nitrogens with zero attached hydrogens (tertiary/aromatic N) is 1. The van der Waals surface area contributed by atoms with Gasteiger partial charge in [-0.3, -0.25) is 4.98 Å². The van der Waals surface area contributed by atoms with Crippen molar-refractivity contribution >= 4 is 0 Å². The molecule has 0 unspecified atom stereocenters. The summed E-state index contributed by atoms with van der Waals surface area (Å²) in [6.07, 6.45) is 15.8. The van der Waals surface area contributed by atoms with Gasteiger partial charge >= 0.3 is 0 Å². The number of pyridine rings is 1. The number of ether oxygens (including phenoxy) is 2. The maximum absolute atomic E-state index is 6.44. The molecule has 1 saturated carbocycles. The van der Waals surface area contributed by atoms with Crippen LogP contribution in [0.2, 0.25) is 0 Å². The van der Waals surface area contributed by atoms with E-state index in [9.17, 15) is 0 Å². The zero-order valence-corrected chi connectivity index (χ0v) is 19.7. The number of benzene rings is 1. The van der Waals surface area contributed by atoms with Gasteiger partial charge in [0.1, 0.15) is 0 Å². The minimum absolute atomic E-state index is 0.109. The van der Waals surface area contributed by atoms with E-state index in [1.54, 1.807) is 0 Å². The van der Waals surface area contributed by atoms with E-state index in [0.29, 0.717) is 5.92 Å². The maximum Gasteiger partial charge on any atom is 0.0827 e. The van der Waals surface area contributed by atoms with E-state index >= 15 is 0 Å². The quantitative estimate of drug-likeness (QED) is 0.460. The molecule has 3 heteroatoms.